The van der Waals surface area contributed by atoms with Gasteiger partial charge in [0, 0.05) is 11.1 Å². The van der Waals surface area contributed by atoms with Crippen molar-refractivity contribution in [1.29, 1.82) is 0 Å². The van der Waals surface area contributed by atoms with Gasteiger partial charge in [0.05, 0.1) is 7.85 Å². The number of hydrogen-bond acceptors (Lipinski definition) is 0. The second-order valence-electron chi connectivity index (χ2n) is 5.71. The molecule has 0 heterocycles. The van der Waals surface area contributed by atoms with E-state index in [0.717, 1.165) is 17.5 Å². The first kappa shape index (κ1) is 10.9. The molecule has 2 aliphatic carbocycles. The van der Waals surface area contributed by atoms with Crippen molar-refractivity contribution in [1.82, 2.24) is 0 Å². The zero-order chi connectivity index (χ0) is 13.0. The van der Waals surface area contributed by atoms with Crippen LogP contribution in [0.1, 0.15) is 40.7 Å². The zero-order valence-electron chi connectivity index (χ0n) is 10.9. The van der Waals surface area contributed by atoms with Crippen LogP contribution in [0.15, 0.2) is 42.5 Å². The molecule has 2 atom stereocenters. The Labute approximate surface area is 115 Å². The molecule has 2 aromatic carbocycles. The normalized spacial score (nSPS) is 25.8. The maximum atomic E-state index is 6.52. The second-order valence-corrected chi connectivity index (χ2v) is 5.71. The van der Waals surface area contributed by atoms with Crippen LogP contribution >= 0.6 is 0 Å². The lowest BCUT2D eigenvalue weighted by Crippen LogP contribution is -2.43. The highest BCUT2D eigenvalue weighted by atomic mass is 14.4. The molecule has 0 saturated carbocycles. The Bertz CT molecular complexity index is 744. The van der Waals surface area contributed by atoms with E-state index in [1.165, 1.54) is 16.7 Å². The third-order valence-electron chi connectivity index (χ3n) is 4.53. The third kappa shape index (κ3) is 1.38. The molecule has 0 amide bonds. The summed E-state index contributed by atoms with van der Waals surface area (Å²) in [4.78, 5) is 0. The van der Waals surface area contributed by atoms with Crippen molar-refractivity contribution < 1.29 is 0 Å². The topological polar surface area (TPSA) is 0 Å². The molecule has 88 valence electrons. The lowest BCUT2D eigenvalue weighted by atomic mass is 9.45. The van der Waals surface area contributed by atoms with E-state index < -0.39 is 0 Å². The maximum absolute atomic E-state index is 6.52. The molecular formula is C18H13B. The van der Waals surface area contributed by atoms with E-state index in [1.807, 2.05) is 0 Å². The standard InChI is InChI=1S/C18H13B/c1-18(19)15-8-4-7-13-10-9-12-5-2-3-6-14(12)11-16(18)17(13)15/h2-8,16H,11H2,1H3/t16?,18-/m0/s1. The highest BCUT2D eigenvalue weighted by molar-refractivity contribution is 6.18. The summed E-state index contributed by atoms with van der Waals surface area (Å²) in [7, 11) is 6.52. The van der Waals surface area contributed by atoms with E-state index in [4.69, 9.17) is 7.85 Å². The Hall–Kier alpha value is -1.94. The van der Waals surface area contributed by atoms with Crippen molar-refractivity contribution in [2.45, 2.75) is 24.6 Å². The van der Waals surface area contributed by atoms with Crippen molar-refractivity contribution in [2.24, 2.45) is 0 Å². The van der Waals surface area contributed by atoms with Gasteiger partial charge in [-0.05, 0) is 46.5 Å². The number of rotatable bonds is 0. The number of fused-ring (bicyclic) bond motifs is 1. The average Bonchev–Trinajstić information content (AvgIpc) is 2.40. The van der Waals surface area contributed by atoms with Crippen LogP contribution < -0.4 is 0 Å². The van der Waals surface area contributed by atoms with Crippen molar-refractivity contribution in [3.63, 3.8) is 0 Å². The summed E-state index contributed by atoms with van der Waals surface area (Å²) >= 11 is 0. The van der Waals surface area contributed by atoms with Crippen LogP contribution in [0.3, 0.4) is 0 Å². The smallest absolute Gasteiger partial charge is 0.0631 e. The van der Waals surface area contributed by atoms with E-state index in [1.54, 1.807) is 0 Å². The molecule has 2 aromatic rings. The van der Waals surface area contributed by atoms with Crippen LogP contribution in [0.4, 0.5) is 0 Å². The minimum atomic E-state index is -0.225. The summed E-state index contributed by atoms with van der Waals surface area (Å²) in [6.07, 6.45) is 0.988. The molecule has 0 spiro atoms. The summed E-state index contributed by atoms with van der Waals surface area (Å²) in [6.45, 7) is 2.14. The second kappa shape index (κ2) is 3.55. The van der Waals surface area contributed by atoms with Gasteiger partial charge in [0.25, 0.3) is 0 Å². The number of hydrogen-bond donors (Lipinski definition) is 0. The van der Waals surface area contributed by atoms with Crippen molar-refractivity contribution in [2.75, 3.05) is 0 Å². The largest absolute Gasteiger partial charge is 0.0815 e. The molecule has 0 aliphatic heterocycles. The fourth-order valence-electron chi connectivity index (χ4n) is 3.42. The van der Waals surface area contributed by atoms with E-state index in [9.17, 15) is 0 Å². The first-order valence-corrected chi connectivity index (χ1v) is 6.70. The highest BCUT2D eigenvalue weighted by Gasteiger charge is 2.45. The van der Waals surface area contributed by atoms with E-state index in [2.05, 4.69) is 61.2 Å². The zero-order valence-corrected chi connectivity index (χ0v) is 10.9. The van der Waals surface area contributed by atoms with Gasteiger partial charge >= 0.3 is 0 Å². The van der Waals surface area contributed by atoms with Crippen molar-refractivity contribution in [3.8, 4) is 11.8 Å². The fourth-order valence-corrected chi connectivity index (χ4v) is 3.42. The van der Waals surface area contributed by atoms with Crippen LogP contribution in [0, 0.1) is 11.8 Å². The molecule has 0 N–H and O–H groups in total. The van der Waals surface area contributed by atoms with Crippen LogP contribution in [0.5, 0.6) is 0 Å². The average molecular weight is 240 g/mol. The first-order chi connectivity index (χ1) is 9.18. The van der Waals surface area contributed by atoms with Crippen LogP contribution in [0.2, 0.25) is 0 Å². The van der Waals surface area contributed by atoms with Gasteiger partial charge in [-0.2, -0.15) is 0 Å². The number of benzene rings is 2. The van der Waals surface area contributed by atoms with Gasteiger partial charge in [0.15, 0.2) is 0 Å². The van der Waals surface area contributed by atoms with Gasteiger partial charge < -0.3 is 0 Å². The monoisotopic (exact) mass is 240 g/mol. The van der Waals surface area contributed by atoms with Gasteiger partial charge in [0.2, 0.25) is 0 Å². The Morgan fingerprint density at radius 3 is 2.68 bits per heavy atom. The van der Waals surface area contributed by atoms with E-state index in [-0.39, 0.29) is 5.31 Å². The summed E-state index contributed by atoms with van der Waals surface area (Å²) in [5.41, 5.74) is 6.25. The van der Waals surface area contributed by atoms with Gasteiger partial charge in [0.1, 0.15) is 0 Å². The molecule has 1 heteroatoms. The quantitative estimate of drug-likeness (QED) is 0.490. The van der Waals surface area contributed by atoms with Crippen LogP contribution in [0.25, 0.3) is 0 Å². The molecule has 0 bridgehead atoms. The lowest BCUT2D eigenvalue weighted by molar-refractivity contribution is 0.439. The third-order valence-corrected chi connectivity index (χ3v) is 4.53. The van der Waals surface area contributed by atoms with E-state index in [0.29, 0.717) is 5.92 Å². The SMILES string of the molecule is [B][C@@]1(C)c2cccc3c2C1Cc1ccccc1C#C3. The Morgan fingerprint density at radius 2 is 1.79 bits per heavy atom. The molecule has 0 aromatic heterocycles. The van der Waals surface area contributed by atoms with Gasteiger partial charge in [-0.3, -0.25) is 0 Å². The lowest BCUT2D eigenvalue weighted by Gasteiger charge is -2.49. The molecule has 2 radical (unpaired) electrons. The molecule has 0 nitrogen and oxygen atoms in total. The molecular weight excluding hydrogens is 227 g/mol. The molecule has 0 fully saturated rings. The van der Waals surface area contributed by atoms with Gasteiger partial charge in [-0.1, -0.05) is 49.1 Å². The predicted molar refractivity (Wildman–Crippen MR) is 78.4 cm³/mol. The summed E-state index contributed by atoms with van der Waals surface area (Å²) < 4.78 is 0. The molecule has 4 rings (SSSR count). The fraction of sp³-hybridized carbons (Fsp3) is 0.222. The minimum Gasteiger partial charge on any atom is -0.0631 e. The highest BCUT2D eigenvalue weighted by Crippen LogP contribution is 2.52. The Morgan fingerprint density at radius 1 is 1.05 bits per heavy atom. The molecule has 0 saturated heterocycles. The molecule has 19 heavy (non-hydrogen) atoms. The molecule has 1 unspecified atom stereocenters. The first-order valence-electron chi connectivity index (χ1n) is 6.70. The molecule has 2 aliphatic rings. The van der Waals surface area contributed by atoms with E-state index >= 15 is 0 Å². The van der Waals surface area contributed by atoms with Gasteiger partial charge in [-0.15, -0.1) is 0 Å². The summed E-state index contributed by atoms with van der Waals surface area (Å²) in [6, 6.07) is 14.7. The summed E-state index contributed by atoms with van der Waals surface area (Å²) in [5.74, 6) is 7.01. The maximum Gasteiger partial charge on any atom is 0.0815 e. The van der Waals surface area contributed by atoms with Crippen LogP contribution in [-0.4, -0.2) is 7.85 Å². The summed E-state index contributed by atoms with van der Waals surface area (Å²) in [5, 5.41) is -0.225. The van der Waals surface area contributed by atoms with Crippen molar-refractivity contribution in [3.05, 3.63) is 70.3 Å². The Kier molecular flexibility index (Phi) is 2.04. The van der Waals surface area contributed by atoms with Crippen LogP contribution in [-0.2, 0) is 11.7 Å². The van der Waals surface area contributed by atoms with Crippen molar-refractivity contribution >= 4 is 7.85 Å². The van der Waals surface area contributed by atoms with Gasteiger partial charge in [-0.25, -0.2) is 0 Å². The predicted octanol–water partition coefficient (Wildman–Crippen LogP) is 3.12. The minimum absolute atomic E-state index is 0.225. The Balaban J connectivity index is 2.00.